The van der Waals surface area contributed by atoms with Gasteiger partial charge in [-0.1, -0.05) is 17.3 Å². The summed E-state index contributed by atoms with van der Waals surface area (Å²) in [5, 5.41) is 7.64. The van der Waals surface area contributed by atoms with Crippen molar-refractivity contribution in [2.24, 2.45) is 7.05 Å². The Balaban J connectivity index is 2.05. The normalized spacial score (nSPS) is 11.8. The van der Waals surface area contributed by atoms with Crippen LogP contribution in [0.15, 0.2) is 41.2 Å². The first-order valence-corrected chi connectivity index (χ1v) is 5.94. The van der Waals surface area contributed by atoms with Crippen molar-refractivity contribution in [3.8, 4) is 22.8 Å². The molecule has 2 aromatic heterocycles. The van der Waals surface area contributed by atoms with Crippen molar-refractivity contribution in [2.75, 3.05) is 0 Å². The lowest BCUT2D eigenvalue weighted by atomic mass is 10.1. The molecule has 0 amide bonds. The van der Waals surface area contributed by atoms with Crippen molar-refractivity contribution in [3.05, 3.63) is 42.2 Å². The third-order valence-electron chi connectivity index (χ3n) is 2.85. The summed E-state index contributed by atoms with van der Waals surface area (Å²) < 4.78 is 45.4. The quantitative estimate of drug-likeness (QED) is 0.728. The van der Waals surface area contributed by atoms with E-state index in [-0.39, 0.29) is 17.3 Å². The minimum atomic E-state index is -4.49. The molecule has 3 rings (SSSR count). The Kier molecular flexibility index (Phi) is 3.00. The molecule has 0 aliphatic rings. The summed E-state index contributed by atoms with van der Waals surface area (Å²) in [4.78, 5) is 4.01. The summed E-state index contributed by atoms with van der Waals surface area (Å²) in [6, 6.07) is 5.07. The van der Waals surface area contributed by atoms with Crippen LogP contribution in [0.3, 0.4) is 0 Å². The highest BCUT2D eigenvalue weighted by Crippen LogP contribution is 2.36. The number of alkyl halides is 3. The Labute approximate surface area is 117 Å². The molecule has 0 fully saturated rings. The predicted molar refractivity (Wildman–Crippen MR) is 66.9 cm³/mol. The van der Waals surface area contributed by atoms with Crippen LogP contribution in [-0.2, 0) is 13.2 Å². The Morgan fingerprint density at radius 3 is 2.62 bits per heavy atom. The molecule has 0 spiro atoms. The van der Waals surface area contributed by atoms with Crippen molar-refractivity contribution < 1.29 is 17.7 Å². The number of aryl methyl sites for hydroxylation is 1. The lowest BCUT2D eigenvalue weighted by Crippen LogP contribution is -2.06. The molecule has 8 heteroatoms. The van der Waals surface area contributed by atoms with Crippen molar-refractivity contribution >= 4 is 0 Å². The number of hydrogen-bond donors (Lipinski definition) is 0. The van der Waals surface area contributed by atoms with Gasteiger partial charge in [0.1, 0.15) is 0 Å². The summed E-state index contributed by atoms with van der Waals surface area (Å²) in [5.41, 5.74) is -0.393. The van der Waals surface area contributed by atoms with Gasteiger partial charge < -0.3 is 4.52 Å². The fourth-order valence-electron chi connectivity index (χ4n) is 1.90. The topological polar surface area (TPSA) is 56.7 Å². The molecular weight excluding hydrogens is 285 g/mol. The van der Waals surface area contributed by atoms with E-state index < -0.39 is 11.7 Å². The molecule has 21 heavy (non-hydrogen) atoms. The summed E-state index contributed by atoms with van der Waals surface area (Å²) >= 11 is 0. The lowest BCUT2D eigenvalue weighted by Gasteiger charge is -2.09. The average molecular weight is 294 g/mol. The van der Waals surface area contributed by atoms with Crippen molar-refractivity contribution in [2.45, 2.75) is 6.18 Å². The summed E-state index contributed by atoms with van der Waals surface area (Å²) in [6.07, 6.45) is -1.34. The van der Waals surface area contributed by atoms with E-state index in [2.05, 4.69) is 15.2 Å². The van der Waals surface area contributed by atoms with Crippen molar-refractivity contribution in [3.63, 3.8) is 0 Å². The summed E-state index contributed by atoms with van der Waals surface area (Å²) in [6.45, 7) is 0. The molecule has 108 valence electrons. The average Bonchev–Trinajstić information content (AvgIpc) is 3.06. The van der Waals surface area contributed by atoms with E-state index >= 15 is 0 Å². The molecule has 0 unspecified atom stereocenters. The fraction of sp³-hybridized carbons (Fsp3) is 0.154. The van der Waals surface area contributed by atoms with Crippen LogP contribution in [0.1, 0.15) is 5.56 Å². The van der Waals surface area contributed by atoms with E-state index in [9.17, 15) is 13.2 Å². The molecule has 0 N–H and O–H groups in total. The third kappa shape index (κ3) is 2.51. The van der Waals surface area contributed by atoms with Gasteiger partial charge in [0, 0.05) is 13.2 Å². The number of benzene rings is 1. The van der Waals surface area contributed by atoms with Crippen LogP contribution < -0.4 is 0 Å². The minimum absolute atomic E-state index is 0.146. The van der Waals surface area contributed by atoms with Gasteiger partial charge in [-0.05, 0) is 12.1 Å². The van der Waals surface area contributed by atoms with Crippen LogP contribution in [-0.4, -0.2) is 19.9 Å². The van der Waals surface area contributed by atoms with E-state index in [1.807, 2.05) is 0 Å². The number of aromatic nitrogens is 4. The van der Waals surface area contributed by atoms with E-state index in [0.717, 1.165) is 6.07 Å². The van der Waals surface area contributed by atoms with Gasteiger partial charge in [-0.3, -0.25) is 4.68 Å². The largest absolute Gasteiger partial charge is 0.417 e. The van der Waals surface area contributed by atoms with Gasteiger partial charge in [0.05, 0.1) is 22.9 Å². The SMILES string of the molecule is Cn1cc(-c2noc(-c3ccccc3C(F)(F)F)n2)cn1. The molecule has 0 atom stereocenters. The zero-order valence-corrected chi connectivity index (χ0v) is 10.8. The molecule has 0 radical (unpaired) electrons. The van der Waals surface area contributed by atoms with Gasteiger partial charge in [0.2, 0.25) is 5.82 Å². The number of halogens is 3. The van der Waals surface area contributed by atoms with Crippen LogP contribution in [0, 0.1) is 0 Å². The molecule has 0 aliphatic carbocycles. The van der Waals surface area contributed by atoms with Crippen molar-refractivity contribution in [1.82, 2.24) is 19.9 Å². The summed E-state index contributed by atoms with van der Waals surface area (Å²) in [5.74, 6) is 0.0110. The standard InChI is InChI=1S/C13H9F3N4O/c1-20-7-8(6-17-20)11-18-12(21-19-11)9-4-2-3-5-10(9)13(14,15)16/h2-7H,1H3. The Morgan fingerprint density at radius 2 is 1.95 bits per heavy atom. The van der Waals surface area contributed by atoms with Crippen LogP contribution in [0.4, 0.5) is 13.2 Å². The van der Waals surface area contributed by atoms with Gasteiger partial charge in [0.25, 0.3) is 5.89 Å². The second-order valence-electron chi connectivity index (χ2n) is 4.37. The van der Waals surface area contributed by atoms with Crippen LogP contribution in [0.5, 0.6) is 0 Å². The molecule has 1 aromatic carbocycles. The zero-order valence-electron chi connectivity index (χ0n) is 10.8. The van der Waals surface area contributed by atoms with Gasteiger partial charge in [-0.2, -0.15) is 23.3 Å². The monoisotopic (exact) mass is 294 g/mol. The first-order valence-electron chi connectivity index (χ1n) is 5.94. The van der Waals surface area contributed by atoms with Gasteiger partial charge in [-0.25, -0.2) is 0 Å². The van der Waals surface area contributed by atoms with E-state index in [0.29, 0.717) is 5.56 Å². The summed E-state index contributed by atoms with van der Waals surface area (Å²) in [7, 11) is 1.71. The maximum atomic E-state index is 13.0. The smallest absolute Gasteiger partial charge is 0.334 e. The van der Waals surface area contributed by atoms with E-state index in [4.69, 9.17) is 4.52 Å². The predicted octanol–water partition coefficient (Wildman–Crippen LogP) is 3.16. The van der Waals surface area contributed by atoms with E-state index in [1.54, 1.807) is 13.2 Å². The second-order valence-corrected chi connectivity index (χ2v) is 4.37. The van der Waals surface area contributed by atoms with Crippen LogP contribution in [0.2, 0.25) is 0 Å². The van der Waals surface area contributed by atoms with Crippen LogP contribution in [0.25, 0.3) is 22.8 Å². The van der Waals surface area contributed by atoms with Crippen molar-refractivity contribution in [1.29, 1.82) is 0 Å². The second kappa shape index (κ2) is 4.72. The Morgan fingerprint density at radius 1 is 1.19 bits per heavy atom. The maximum Gasteiger partial charge on any atom is 0.417 e. The Bertz CT molecular complexity index is 776. The van der Waals surface area contributed by atoms with Gasteiger partial charge in [0.15, 0.2) is 0 Å². The number of hydrogen-bond acceptors (Lipinski definition) is 4. The number of nitrogens with zero attached hydrogens (tertiary/aromatic N) is 4. The molecular formula is C13H9F3N4O. The zero-order chi connectivity index (χ0) is 15.0. The highest BCUT2D eigenvalue weighted by Gasteiger charge is 2.34. The maximum absolute atomic E-state index is 13.0. The lowest BCUT2D eigenvalue weighted by molar-refractivity contribution is -0.137. The molecule has 0 saturated carbocycles. The minimum Gasteiger partial charge on any atom is -0.334 e. The third-order valence-corrected chi connectivity index (χ3v) is 2.85. The first kappa shape index (κ1) is 13.3. The molecule has 0 aliphatic heterocycles. The van der Waals surface area contributed by atoms with E-state index in [1.165, 1.54) is 29.1 Å². The molecule has 5 nitrogen and oxygen atoms in total. The molecule has 3 aromatic rings. The molecule has 0 saturated heterocycles. The Hall–Kier alpha value is -2.64. The highest BCUT2D eigenvalue weighted by molar-refractivity contribution is 5.62. The highest BCUT2D eigenvalue weighted by atomic mass is 19.4. The first-order chi connectivity index (χ1) is 9.95. The molecule has 0 bridgehead atoms. The van der Waals surface area contributed by atoms with Crippen LogP contribution >= 0.6 is 0 Å². The fourth-order valence-corrected chi connectivity index (χ4v) is 1.90. The molecule has 2 heterocycles. The van der Waals surface area contributed by atoms with Gasteiger partial charge >= 0.3 is 6.18 Å². The van der Waals surface area contributed by atoms with Gasteiger partial charge in [-0.15, -0.1) is 0 Å². The number of rotatable bonds is 2.